The Morgan fingerprint density at radius 2 is 1.76 bits per heavy atom. The van der Waals surface area contributed by atoms with Crippen LogP contribution in [0.25, 0.3) is 22.2 Å². The molecule has 1 aliphatic rings. The molecule has 0 spiro atoms. The topological polar surface area (TPSA) is 78.0 Å². The average molecular weight is 505 g/mol. The first-order valence-electron chi connectivity index (χ1n) is 13.2. The van der Waals surface area contributed by atoms with Crippen LogP contribution >= 0.6 is 0 Å². The van der Waals surface area contributed by atoms with Gasteiger partial charge in [0.2, 0.25) is 0 Å². The number of hydrogen-bond donors (Lipinski definition) is 3. The number of amides is 1. The quantitative estimate of drug-likeness (QED) is 0.260. The highest BCUT2D eigenvalue weighted by atomic mass is 16.1. The highest BCUT2D eigenvalue weighted by Crippen LogP contribution is 2.30. The Bertz CT molecular complexity index is 1530. The molecule has 0 radical (unpaired) electrons. The molecule has 7 nitrogen and oxygen atoms in total. The summed E-state index contributed by atoms with van der Waals surface area (Å²) < 4.78 is 2.25. The number of aromatic amines is 1. The van der Waals surface area contributed by atoms with Gasteiger partial charge in [-0.2, -0.15) is 5.10 Å². The Hall–Kier alpha value is -4.36. The Balaban J connectivity index is 1.16. The summed E-state index contributed by atoms with van der Waals surface area (Å²) in [5.74, 6) is 0.316. The fraction of sp³-hybridized carbons (Fsp3) is 0.226. The maximum Gasteiger partial charge on any atom is 0.256 e. The van der Waals surface area contributed by atoms with Crippen molar-refractivity contribution in [3.8, 4) is 11.3 Å². The predicted molar refractivity (Wildman–Crippen MR) is 154 cm³/mol. The van der Waals surface area contributed by atoms with Crippen LogP contribution in [0.4, 0.5) is 11.5 Å². The van der Waals surface area contributed by atoms with Crippen molar-refractivity contribution in [2.24, 2.45) is 0 Å². The molecule has 0 unspecified atom stereocenters. The van der Waals surface area contributed by atoms with E-state index in [0.29, 0.717) is 17.4 Å². The van der Waals surface area contributed by atoms with Crippen LogP contribution in [0, 0.1) is 0 Å². The van der Waals surface area contributed by atoms with Crippen LogP contribution in [0.3, 0.4) is 0 Å². The number of nitrogens with zero attached hydrogens (tertiary/aromatic N) is 3. The lowest BCUT2D eigenvalue weighted by Gasteiger charge is -2.30. The van der Waals surface area contributed by atoms with Gasteiger partial charge in [-0.15, -0.1) is 0 Å². The number of H-pyrrole nitrogens is 1. The molecule has 6 rings (SSSR count). The van der Waals surface area contributed by atoms with Gasteiger partial charge in [0.1, 0.15) is 0 Å². The number of aromatic nitrogens is 3. The summed E-state index contributed by atoms with van der Waals surface area (Å²) in [6, 6.07) is 28.8. The third-order valence-electron chi connectivity index (χ3n) is 7.33. The van der Waals surface area contributed by atoms with Crippen LogP contribution in [-0.2, 0) is 6.54 Å². The smallest absolute Gasteiger partial charge is 0.256 e. The number of piperidine rings is 1. The number of likely N-dealkylation sites (tertiary alicyclic amines) is 1. The van der Waals surface area contributed by atoms with Crippen molar-refractivity contribution in [2.75, 3.05) is 30.8 Å². The predicted octanol–water partition coefficient (Wildman–Crippen LogP) is 5.84. The summed E-state index contributed by atoms with van der Waals surface area (Å²) in [7, 11) is 2.16. The van der Waals surface area contributed by atoms with Gasteiger partial charge in [-0.05, 0) is 68.9 Å². The fourth-order valence-electron chi connectivity index (χ4n) is 5.21. The molecule has 3 aromatic carbocycles. The van der Waals surface area contributed by atoms with E-state index >= 15 is 0 Å². The number of carbonyl (C=O) groups is 1. The molecule has 3 N–H and O–H groups in total. The summed E-state index contributed by atoms with van der Waals surface area (Å²) in [6.07, 6.45) is 4.38. The zero-order valence-electron chi connectivity index (χ0n) is 21.5. The highest BCUT2D eigenvalue weighted by Gasteiger charge is 2.17. The summed E-state index contributed by atoms with van der Waals surface area (Å²) in [4.78, 5) is 15.3. The first-order valence-corrected chi connectivity index (χ1v) is 13.2. The van der Waals surface area contributed by atoms with E-state index in [4.69, 9.17) is 0 Å². The van der Waals surface area contributed by atoms with Gasteiger partial charge in [-0.25, -0.2) is 0 Å². The molecule has 2 aromatic heterocycles. The zero-order chi connectivity index (χ0) is 25.9. The molecule has 5 aromatic rings. The lowest BCUT2D eigenvalue weighted by Crippen LogP contribution is -2.36. The van der Waals surface area contributed by atoms with Crippen molar-refractivity contribution in [1.82, 2.24) is 19.7 Å². The Kier molecular flexibility index (Phi) is 6.67. The molecule has 38 heavy (non-hydrogen) atoms. The molecule has 3 heterocycles. The molecule has 0 saturated carbocycles. The molecular formula is C31H32N6O. The second-order valence-electron chi connectivity index (χ2n) is 10.1. The maximum absolute atomic E-state index is 12.9. The first-order chi connectivity index (χ1) is 18.6. The average Bonchev–Trinajstić information content (AvgIpc) is 3.58. The Morgan fingerprint density at radius 1 is 0.974 bits per heavy atom. The zero-order valence-corrected chi connectivity index (χ0v) is 21.5. The lowest BCUT2D eigenvalue weighted by molar-refractivity contribution is 0.102. The highest BCUT2D eigenvalue weighted by molar-refractivity contribution is 6.04. The van der Waals surface area contributed by atoms with Crippen molar-refractivity contribution < 1.29 is 4.79 Å². The van der Waals surface area contributed by atoms with Crippen LogP contribution in [0.15, 0.2) is 91.1 Å². The molecule has 0 aliphatic carbocycles. The van der Waals surface area contributed by atoms with Gasteiger partial charge < -0.3 is 20.1 Å². The van der Waals surface area contributed by atoms with Crippen molar-refractivity contribution in [3.63, 3.8) is 0 Å². The van der Waals surface area contributed by atoms with E-state index in [0.717, 1.165) is 60.3 Å². The van der Waals surface area contributed by atoms with E-state index in [1.54, 1.807) is 0 Å². The molecule has 1 fully saturated rings. The number of para-hydroxylation sites is 1. The van der Waals surface area contributed by atoms with E-state index in [9.17, 15) is 4.79 Å². The second-order valence-corrected chi connectivity index (χ2v) is 10.1. The standard InChI is InChI=1S/C31H32N6O/c1-36-17-15-26(16-18-36)32-25-12-10-24(11-13-25)31(38)33-29-20-28(34-35-29)27-9-5-8-23-14-19-37(30(23)27)21-22-6-3-2-4-7-22/h2-14,19-20,26,32H,15-18,21H2,1H3,(H2,33,34,35,38). The number of fused-ring (bicyclic) bond motifs is 1. The van der Waals surface area contributed by atoms with Crippen molar-refractivity contribution in [1.29, 1.82) is 0 Å². The summed E-state index contributed by atoms with van der Waals surface area (Å²) in [6.45, 7) is 3.00. The van der Waals surface area contributed by atoms with Crippen molar-refractivity contribution in [2.45, 2.75) is 25.4 Å². The number of benzene rings is 3. The molecule has 192 valence electrons. The fourth-order valence-corrected chi connectivity index (χ4v) is 5.21. The van der Waals surface area contributed by atoms with Gasteiger partial charge in [0, 0.05) is 47.1 Å². The monoisotopic (exact) mass is 504 g/mol. The van der Waals surface area contributed by atoms with Gasteiger partial charge in [-0.3, -0.25) is 9.89 Å². The molecule has 1 aliphatic heterocycles. The number of rotatable bonds is 7. The normalized spacial score (nSPS) is 14.6. The van der Waals surface area contributed by atoms with Crippen LogP contribution < -0.4 is 10.6 Å². The summed E-state index contributed by atoms with van der Waals surface area (Å²) in [5, 5.41) is 15.2. The van der Waals surface area contributed by atoms with E-state index in [1.165, 1.54) is 5.56 Å². The summed E-state index contributed by atoms with van der Waals surface area (Å²) >= 11 is 0. The van der Waals surface area contributed by atoms with Gasteiger partial charge in [0.25, 0.3) is 5.91 Å². The van der Waals surface area contributed by atoms with Crippen LogP contribution in [-0.4, -0.2) is 51.8 Å². The molecule has 0 bridgehead atoms. The third-order valence-corrected chi connectivity index (χ3v) is 7.33. The van der Waals surface area contributed by atoms with E-state index in [1.807, 2.05) is 42.5 Å². The largest absolute Gasteiger partial charge is 0.382 e. The molecule has 0 atom stereocenters. The van der Waals surface area contributed by atoms with Gasteiger partial charge >= 0.3 is 0 Å². The number of hydrogen-bond acceptors (Lipinski definition) is 4. The van der Waals surface area contributed by atoms with Gasteiger partial charge in [0.05, 0.1) is 11.2 Å². The Morgan fingerprint density at radius 3 is 2.55 bits per heavy atom. The van der Waals surface area contributed by atoms with Crippen molar-refractivity contribution in [3.05, 3.63) is 102 Å². The first kappa shape index (κ1) is 24.0. The summed E-state index contributed by atoms with van der Waals surface area (Å²) in [5.41, 5.74) is 5.92. The minimum atomic E-state index is -0.181. The van der Waals surface area contributed by atoms with Crippen LogP contribution in [0.5, 0.6) is 0 Å². The minimum absolute atomic E-state index is 0.181. The van der Waals surface area contributed by atoms with E-state index < -0.39 is 0 Å². The maximum atomic E-state index is 12.9. The minimum Gasteiger partial charge on any atom is -0.382 e. The van der Waals surface area contributed by atoms with Gasteiger partial charge in [-0.1, -0.05) is 48.5 Å². The lowest BCUT2D eigenvalue weighted by atomic mass is 10.0. The van der Waals surface area contributed by atoms with Gasteiger partial charge in [0.15, 0.2) is 5.82 Å². The number of nitrogens with one attached hydrogen (secondary N) is 3. The third kappa shape index (κ3) is 5.19. The Labute approximate surface area is 222 Å². The molecule has 1 saturated heterocycles. The second kappa shape index (κ2) is 10.6. The SMILES string of the molecule is CN1CCC(Nc2ccc(C(=O)Nc3cc(-c4cccc5ccn(Cc6ccccc6)c45)[nH]n3)cc2)CC1. The molecule has 7 heteroatoms. The molecular weight excluding hydrogens is 472 g/mol. The van der Waals surface area contributed by atoms with E-state index in [-0.39, 0.29) is 5.91 Å². The van der Waals surface area contributed by atoms with Crippen LogP contribution in [0.2, 0.25) is 0 Å². The number of carbonyl (C=O) groups excluding carboxylic acids is 1. The van der Waals surface area contributed by atoms with Crippen molar-refractivity contribution >= 4 is 28.3 Å². The molecule has 1 amide bonds. The number of anilines is 2. The van der Waals surface area contributed by atoms with E-state index in [2.05, 4.69) is 86.0 Å². The van der Waals surface area contributed by atoms with Crippen LogP contribution in [0.1, 0.15) is 28.8 Å².